The van der Waals surface area contributed by atoms with E-state index in [4.69, 9.17) is 5.11 Å². The fourth-order valence-electron chi connectivity index (χ4n) is 2.39. The second kappa shape index (κ2) is 4.93. The number of hydrogen-bond acceptors (Lipinski definition) is 4. The summed E-state index contributed by atoms with van der Waals surface area (Å²) in [7, 11) is 0. The van der Waals surface area contributed by atoms with Gasteiger partial charge in [0.1, 0.15) is 0 Å². The Morgan fingerprint density at radius 1 is 1.81 bits per heavy atom. The molecule has 0 aliphatic carbocycles. The van der Waals surface area contributed by atoms with Crippen molar-refractivity contribution in [2.75, 3.05) is 6.54 Å². The summed E-state index contributed by atoms with van der Waals surface area (Å²) in [6, 6.07) is 0.410. The Balaban J connectivity index is 2.05. The van der Waals surface area contributed by atoms with Crippen LogP contribution in [-0.2, 0) is 4.79 Å². The molecule has 0 spiro atoms. The van der Waals surface area contributed by atoms with Gasteiger partial charge in [-0.15, -0.1) is 11.3 Å². The van der Waals surface area contributed by atoms with Crippen LogP contribution in [0.4, 0.5) is 0 Å². The Bertz CT molecular complexity index is 353. The minimum atomic E-state index is -0.706. The van der Waals surface area contributed by atoms with Crippen LogP contribution in [0.1, 0.15) is 37.9 Å². The normalized spacial score (nSPS) is 23.4. The average Bonchev–Trinajstić information content (AvgIpc) is 2.84. The number of aliphatic carboxylic acids is 1. The molecule has 1 saturated heterocycles. The van der Waals surface area contributed by atoms with E-state index in [9.17, 15) is 4.79 Å². The highest BCUT2D eigenvalue weighted by Crippen LogP contribution is 2.30. The molecule has 1 aliphatic heterocycles. The maximum absolute atomic E-state index is 10.8. The summed E-state index contributed by atoms with van der Waals surface area (Å²) in [5.41, 5.74) is 2.89. The Morgan fingerprint density at radius 3 is 3.25 bits per heavy atom. The Hall–Kier alpha value is -0.940. The molecule has 0 aromatic carbocycles. The standard InChI is InChI=1S/C11H16N2O2S/c1-8(10-6-16-7-12-10)13-4-2-3-9(13)5-11(14)15/h6-9H,2-5H2,1H3,(H,14,15). The highest BCUT2D eigenvalue weighted by atomic mass is 32.1. The molecule has 0 saturated carbocycles. The highest BCUT2D eigenvalue weighted by Gasteiger charge is 2.31. The van der Waals surface area contributed by atoms with Crippen LogP contribution >= 0.6 is 11.3 Å². The smallest absolute Gasteiger partial charge is 0.304 e. The van der Waals surface area contributed by atoms with Gasteiger partial charge in [0.05, 0.1) is 23.7 Å². The minimum absolute atomic E-state index is 0.175. The molecule has 0 bridgehead atoms. The topological polar surface area (TPSA) is 53.4 Å². The number of rotatable bonds is 4. The number of carbonyl (C=O) groups is 1. The van der Waals surface area contributed by atoms with Crippen LogP contribution in [-0.4, -0.2) is 33.5 Å². The summed E-state index contributed by atoms with van der Waals surface area (Å²) >= 11 is 1.59. The molecular weight excluding hydrogens is 224 g/mol. The minimum Gasteiger partial charge on any atom is -0.481 e. The molecule has 2 atom stereocenters. The van der Waals surface area contributed by atoms with Gasteiger partial charge in [-0.25, -0.2) is 4.98 Å². The molecule has 5 heteroatoms. The van der Waals surface area contributed by atoms with Gasteiger partial charge < -0.3 is 5.11 Å². The number of carboxylic acids is 1. The summed E-state index contributed by atoms with van der Waals surface area (Å²) in [5.74, 6) is -0.706. The van der Waals surface area contributed by atoms with Crippen LogP contribution in [0.25, 0.3) is 0 Å². The van der Waals surface area contributed by atoms with Gasteiger partial charge in [-0.1, -0.05) is 0 Å². The summed E-state index contributed by atoms with van der Waals surface area (Å²) in [4.78, 5) is 17.3. The molecular formula is C11H16N2O2S. The molecule has 1 fully saturated rings. The number of nitrogens with zero attached hydrogens (tertiary/aromatic N) is 2. The summed E-state index contributed by atoms with van der Waals surface area (Å²) in [5, 5.41) is 10.9. The van der Waals surface area contributed by atoms with Crippen LogP contribution in [0.5, 0.6) is 0 Å². The molecule has 1 aliphatic rings. The van der Waals surface area contributed by atoms with Crippen molar-refractivity contribution < 1.29 is 9.90 Å². The molecule has 1 aromatic rings. The number of thiazole rings is 1. The molecule has 16 heavy (non-hydrogen) atoms. The lowest BCUT2D eigenvalue weighted by molar-refractivity contribution is -0.138. The van der Waals surface area contributed by atoms with Crippen molar-refractivity contribution in [2.45, 2.75) is 38.3 Å². The third-order valence-corrected chi connectivity index (χ3v) is 3.81. The molecule has 0 radical (unpaired) electrons. The third-order valence-electron chi connectivity index (χ3n) is 3.21. The number of likely N-dealkylation sites (tertiary alicyclic amines) is 1. The molecule has 0 amide bonds. The predicted molar refractivity (Wildman–Crippen MR) is 62.5 cm³/mol. The fraction of sp³-hybridized carbons (Fsp3) is 0.636. The van der Waals surface area contributed by atoms with E-state index in [0.717, 1.165) is 25.1 Å². The van der Waals surface area contributed by atoms with Crippen LogP contribution in [0.15, 0.2) is 10.9 Å². The van der Waals surface area contributed by atoms with E-state index < -0.39 is 5.97 Å². The quantitative estimate of drug-likeness (QED) is 0.876. The van der Waals surface area contributed by atoms with Crippen molar-refractivity contribution >= 4 is 17.3 Å². The van der Waals surface area contributed by atoms with Crippen molar-refractivity contribution in [3.63, 3.8) is 0 Å². The lowest BCUT2D eigenvalue weighted by Gasteiger charge is -2.28. The zero-order chi connectivity index (χ0) is 11.5. The van der Waals surface area contributed by atoms with Gasteiger partial charge in [-0.3, -0.25) is 9.69 Å². The number of aromatic nitrogens is 1. The lowest BCUT2D eigenvalue weighted by atomic mass is 10.1. The maximum atomic E-state index is 10.8. The summed E-state index contributed by atoms with van der Waals surface area (Å²) in [6.45, 7) is 3.09. The molecule has 1 N–H and O–H groups in total. The van der Waals surface area contributed by atoms with Crippen molar-refractivity contribution in [1.29, 1.82) is 0 Å². The maximum Gasteiger partial charge on any atom is 0.304 e. The van der Waals surface area contributed by atoms with Gasteiger partial charge in [0, 0.05) is 11.4 Å². The zero-order valence-electron chi connectivity index (χ0n) is 9.30. The van der Waals surface area contributed by atoms with E-state index in [1.165, 1.54) is 0 Å². The molecule has 2 rings (SSSR count). The number of carboxylic acid groups (broad SMARTS) is 1. The van der Waals surface area contributed by atoms with E-state index in [0.29, 0.717) is 0 Å². The largest absolute Gasteiger partial charge is 0.481 e. The molecule has 88 valence electrons. The SMILES string of the molecule is CC(c1cscn1)N1CCCC1CC(=O)O. The van der Waals surface area contributed by atoms with E-state index in [1.54, 1.807) is 11.3 Å². The second-order valence-electron chi connectivity index (χ2n) is 4.22. The van der Waals surface area contributed by atoms with E-state index in [1.807, 2.05) is 10.9 Å². The first-order valence-corrected chi connectivity index (χ1v) is 6.48. The average molecular weight is 240 g/mol. The van der Waals surface area contributed by atoms with E-state index >= 15 is 0 Å². The lowest BCUT2D eigenvalue weighted by Crippen LogP contribution is -2.33. The first-order valence-electron chi connectivity index (χ1n) is 5.54. The fourth-order valence-corrected chi connectivity index (χ4v) is 3.03. The van der Waals surface area contributed by atoms with Gasteiger partial charge in [0.15, 0.2) is 0 Å². The summed E-state index contributed by atoms with van der Waals surface area (Å²) < 4.78 is 0. The third kappa shape index (κ3) is 2.41. The first kappa shape index (κ1) is 11.5. The van der Waals surface area contributed by atoms with E-state index in [2.05, 4.69) is 16.8 Å². The van der Waals surface area contributed by atoms with E-state index in [-0.39, 0.29) is 18.5 Å². The first-order chi connectivity index (χ1) is 7.68. The van der Waals surface area contributed by atoms with Gasteiger partial charge >= 0.3 is 5.97 Å². The van der Waals surface area contributed by atoms with Crippen molar-refractivity contribution in [1.82, 2.24) is 9.88 Å². The van der Waals surface area contributed by atoms with Gasteiger partial charge in [0.2, 0.25) is 0 Å². The number of hydrogen-bond donors (Lipinski definition) is 1. The Kier molecular flexibility index (Phi) is 3.56. The van der Waals surface area contributed by atoms with Crippen LogP contribution in [0, 0.1) is 0 Å². The predicted octanol–water partition coefficient (Wildman–Crippen LogP) is 2.14. The molecule has 2 heterocycles. The van der Waals surface area contributed by atoms with Crippen molar-refractivity contribution in [3.05, 3.63) is 16.6 Å². The highest BCUT2D eigenvalue weighted by molar-refractivity contribution is 7.07. The van der Waals surface area contributed by atoms with Gasteiger partial charge in [0.25, 0.3) is 0 Å². The zero-order valence-corrected chi connectivity index (χ0v) is 10.1. The Labute approximate surface area is 98.9 Å². The Morgan fingerprint density at radius 2 is 2.62 bits per heavy atom. The molecule has 4 nitrogen and oxygen atoms in total. The monoisotopic (exact) mass is 240 g/mol. The van der Waals surface area contributed by atoms with Crippen molar-refractivity contribution in [3.8, 4) is 0 Å². The summed E-state index contributed by atoms with van der Waals surface area (Å²) in [6.07, 6.45) is 2.32. The van der Waals surface area contributed by atoms with Crippen molar-refractivity contribution in [2.24, 2.45) is 0 Å². The van der Waals surface area contributed by atoms with Crippen LogP contribution in [0.2, 0.25) is 0 Å². The van der Waals surface area contributed by atoms with Gasteiger partial charge in [-0.05, 0) is 26.3 Å². The van der Waals surface area contributed by atoms with Gasteiger partial charge in [-0.2, -0.15) is 0 Å². The molecule has 2 unspecified atom stereocenters. The molecule has 1 aromatic heterocycles. The van der Waals surface area contributed by atoms with Crippen LogP contribution < -0.4 is 0 Å². The van der Waals surface area contributed by atoms with Crippen LogP contribution in [0.3, 0.4) is 0 Å². The second-order valence-corrected chi connectivity index (χ2v) is 4.94.